The Morgan fingerprint density at radius 3 is 2.29 bits per heavy atom. The average molecular weight is 486 g/mol. The number of thioether (sulfide) groups is 1. The first-order chi connectivity index (χ1) is 14.0. The van der Waals surface area contributed by atoms with Crippen LogP contribution < -0.4 is 0 Å². The highest BCUT2D eigenvalue weighted by Crippen LogP contribution is 2.60. The number of esters is 2. The predicted molar refractivity (Wildman–Crippen MR) is 105 cm³/mol. The lowest BCUT2D eigenvalue weighted by atomic mass is 9.78. The zero-order valence-corrected chi connectivity index (χ0v) is 19.2. The fraction of sp³-hybridized carbons (Fsp3) is 0.833. The number of fused-ring (bicyclic) bond motifs is 1. The second kappa shape index (κ2) is 7.55. The molecule has 9 nitrogen and oxygen atoms in total. The van der Waals surface area contributed by atoms with Crippen LogP contribution in [0.2, 0.25) is 0 Å². The van der Waals surface area contributed by atoms with Gasteiger partial charge in [-0.05, 0) is 34.6 Å². The van der Waals surface area contributed by atoms with Gasteiger partial charge in [0.05, 0.1) is 28.5 Å². The van der Waals surface area contributed by atoms with E-state index >= 15 is 0 Å². The van der Waals surface area contributed by atoms with Crippen molar-refractivity contribution < 1.29 is 45.6 Å². The van der Waals surface area contributed by atoms with Gasteiger partial charge in [0.15, 0.2) is 6.61 Å². The maximum Gasteiger partial charge on any atom is 0.402 e. The molecule has 3 saturated heterocycles. The Bertz CT molecular complexity index is 901. The average Bonchev–Trinajstić information content (AvgIpc) is 3.20. The summed E-state index contributed by atoms with van der Waals surface area (Å²) in [7, 11) is -5.78. The van der Waals surface area contributed by atoms with Crippen LogP contribution >= 0.6 is 11.8 Å². The van der Waals surface area contributed by atoms with Crippen LogP contribution in [0.5, 0.6) is 0 Å². The highest BCUT2D eigenvalue weighted by Gasteiger charge is 2.72. The smallest absolute Gasteiger partial charge is 0.402 e. The van der Waals surface area contributed by atoms with Crippen molar-refractivity contribution in [1.82, 2.24) is 4.90 Å². The highest BCUT2D eigenvalue weighted by atomic mass is 32.2. The minimum Gasteiger partial charge on any atom is -0.459 e. The van der Waals surface area contributed by atoms with E-state index in [0.29, 0.717) is 0 Å². The van der Waals surface area contributed by atoms with E-state index < -0.39 is 73.8 Å². The lowest BCUT2D eigenvalue weighted by Crippen LogP contribution is -2.52. The number of rotatable bonds is 6. The molecule has 0 aromatic heterocycles. The minimum atomic E-state index is -5.78. The minimum absolute atomic E-state index is 0.251. The summed E-state index contributed by atoms with van der Waals surface area (Å²) in [5.41, 5.74) is -0.843. The number of carbonyl (C=O) groups excluding carboxylic acids is 3. The molecule has 1 N–H and O–H groups in total. The summed E-state index contributed by atoms with van der Waals surface area (Å²) >= 11 is 1.28. The van der Waals surface area contributed by atoms with Gasteiger partial charge >= 0.3 is 27.3 Å². The Kier molecular flexibility index (Phi) is 5.89. The third-order valence-electron chi connectivity index (χ3n) is 5.71. The lowest BCUT2D eigenvalue weighted by Gasteiger charge is -2.35. The Morgan fingerprint density at radius 2 is 1.81 bits per heavy atom. The third-order valence-corrected chi connectivity index (χ3v) is 8.35. The van der Waals surface area contributed by atoms with Crippen molar-refractivity contribution in [3.8, 4) is 0 Å². The first kappa shape index (κ1) is 24.2. The molecule has 3 aliphatic heterocycles. The van der Waals surface area contributed by atoms with Crippen LogP contribution in [0, 0.1) is 17.3 Å². The van der Waals surface area contributed by atoms with Crippen LogP contribution in [0.15, 0.2) is 0 Å². The van der Waals surface area contributed by atoms with Crippen LogP contribution in [-0.2, 0) is 34.0 Å². The molecule has 0 aromatic carbocycles. The summed E-state index contributed by atoms with van der Waals surface area (Å²) in [6.07, 6.45) is -0.841. The number of amides is 1. The van der Waals surface area contributed by atoms with Gasteiger partial charge in [0.25, 0.3) is 0 Å². The molecule has 2 bridgehead atoms. The molecular weight excluding hydrogens is 460 g/mol. The Morgan fingerprint density at radius 1 is 1.23 bits per heavy atom. The van der Waals surface area contributed by atoms with E-state index in [1.54, 1.807) is 39.5 Å². The Hall–Kier alpha value is -1.47. The maximum atomic E-state index is 13.5. The molecule has 3 fully saturated rings. The lowest BCUT2D eigenvalue weighted by molar-refractivity contribution is -0.167. The predicted octanol–water partition coefficient (Wildman–Crippen LogP) is 1.32. The third kappa shape index (κ3) is 3.92. The quantitative estimate of drug-likeness (QED) is 0.438. The van der Waals surface area contributed by atoms with Crippen molar-refractivity contribution in [1.29, 1.82) is 0 Å². The molecule has 3 heterocycles. The molecule has 31 heavy (non-hydrogen) atoms. The molecule has 13 heteroatoms. The van der Waals surface area contributed by atoms with Crippen LogP contribution in [0.4, 0.5) is 8.78 Å². The Balaban J connectivity index is 1.88. The largest absolute Gasteiger partial charge is 0.459 e. The molecule has 0 aromatic rings. The van der Waals surface area contributed by atoms with Gasteiger partial charge in [-0.1, -0.05) is 0 Å². The number of hydrogen-bond acceptors (Lipinski definition) is 8. The van der Waals surface area contributed by atoms with Crippen LogP contribution in [0.25, 0.3) is 0 Å². The maximum absolute atomic E-state index is 13.5. The molecule has 176 valence electrons. The molecule has 1 amide bonds. The number of carbonyl (C=O) groups is 3. The molecule has 6 atom stereocenters. The zero-order valence-electron chi connectivity index (χ0n) is 17.6. The van der Waals surface area contributed by atoms with Gasteiger partial charge < -0.3 is 14.4 Å². The molecule has 6 unspecified atom stereocenters. The molecule has 3 rings (SSSR count). The van der Waals surface area contributed by atoms with Gasteiger partial charge in [-0.25, -0.2) is 0 Å². The molecule has 0 spiro atoms. The summed E-state index contributed by atoms with van der Waals surface area (Å²) in [6.45, 7) is 6.64. The number of halogens is 2. The number of hydrogen-bond donors (Lipinski definition) is 1. The van der Waals surface area contributed by atoms with Crippen LogP contribution in [0.3, 0.4) is 0 Å². The van der Waals surface area contributed by atoms with Gasteiger partial charge in [0.1, 0.15) is 6.10 Å². The monoisotopic (exact) mass is 485 g/mol. The van der Waals surface area contributed by atoms with Crippen molar-refractivity contribution in [2.24, 2.45) is 17.3 Å². The molecule has 3 aliphatic rings. The fourth-order valence-electron chi connectivity index (χ4n) is 4.29. The van der Waals surface area contributed by atoms with Crippen molar-refractivity contribution in [2.45, 2.75) is 68.6 Å². The molecule has 0 aliphatic carbocycles. The summed E-state index contributed by atoms with van der Waals surface area (Å²) in [5, 5.41) is -5.78. The summed E-state index contributed by atoms with van der Waals surface area (Å²) in [6, 6.07) is -0.707. The first-order valence-electron chi connectivity index (χ1n) is 9.69. The zero-order chi connectivity index (χ0) is 23.7. The van der Waals surface area contributed by atoms with E-state index in [0.717, 1.165) is 0 Å². The molecule has 0 saturated carbocycles. The van der Waals surface area contributed by atoms with Crippen LogP contribution in [-0.4, -0.2) is 76.3 Å². The summed E-state index contributed by atoms with van der Waals surface area (Å²) in [4.78, 5) is 39.8. The SMILES string of the molecule is CC(C)N1C(=O)C2C3SC(C(OC(=O)C(C)(C)C)C31)C2C(=O)OCC(F)(F)S(=O)(=O)O. The van der Waals surface area contributed by atoms with E-state index in [2.05, 4.69) is 4.74 Å². The van der Waals surface area contributed by atoms with Gasteiger partial charge in [0.2, 0.25) is 5.91 Å². The second-order valence-electron chi connectivity index (χ2n) is 9.29. The summed E-state index contributed by atoms with van der Waals surface area (Å²) in [5.74, 6) is -4.12. The molecule has 0 radical (unpaired) electrons. The topological polar surface area (TPSA) is 127 Å². The molecular formula is C18H25F2NO8S2. The Labute approximate surface area is 182 Å². The van der Waals surface area contributed by atoms with Crippen molar-refractivity contribution >= 4 is 39.7 Å². The van der Waals surface area contributed by atoms with Gasteiger partial charge in [-0.15, -0.1) is 11.8 Å². The van der Waals surface area contributed by atoms with Gasteiger partial charge in [-0.2, -0.15) is 17.2 Å². The second-order valence-corrected chi connectivity index (χ2v) is 12.2. The fourth-order valence-corrected chi connectivity index (χ4v) is 6.58. The number of ether oxygens (including phenoxy) is 2. The van der Waals surface area contributed by atoms with E-state index in [4.69, 9.17) is 9.29 Å². The van der Waals surface area contributed by atoms with Crippen LogP contribution in [0.1, 0.15) is 34.6 Å². The number of alkyl halides is 2. The van der Waals surface area contributed by atoms with Gasteiger partial charge in [0, 0.05) is 11.3 Å². The number of nitrogens with zero attached hydrogens (tertiary/aromatic N) is 1. The normalized spacial score (nSPS) is 32.7. The summed E-state index contributed by atoms with van der Waals surface area (Å²) < 4.78 is 67.4. The first-order valence-corrected chi connectivity index (χ1v) is 12.1. The van der Waals surface area contributed by atoms with Crippen molar-refractivity contribution in [3.63, 3.8) is 0 Å². The van der Waals surface area contributed by atoms with Crippen molar-refractivity contribution in [2.75, 3.05) is 6.61 Å². The van der Waals surface area contributed by atoms with E-state index in [9.17, 15) is 31.6 Å². The standard InChI is InChI=1S/C18H25F2NO8S2/c1-7(2)21-10-11(29-16(24)17(3,4)5)13-9(8(14(21)22)12(10)30-13)15(23)28-6-18(19,20)31(25,26)27/h7-13H,6H2,1-5H3,(H,25,26,27). The van der Waals surface area contributed by atoms with Gasteiger partial charge in [-0.3, -0.25) is 18.9 Å². The van der Waals surface area contributed by atoms with E-state index in [-0.39, 0.29) is 11.9 Å². The van der Waals surface area contributed by atoms with E-state index in [1.807, 2.05) is 0 Å². The number of likely N-dealkylation sites (tertiary alicyclic amines) is 1. The van der Waals surface area contributed by atoms with E-state index in [1.165, 1.54) is 11.8 Å². The van der Waals surface area contributed by atoms with Crippen molar-refractivity contribution in [3.05, 3.63) is 0 Å². The highest BCUT2D eigenvalue weighted by molar-refractivity contribution is 8.01.